The molecule has 0 aliphatic carbocycles. The Bertz CT molecular complexity index is 872. The van der Waals surface area contributed by atoms with Gasteiger partial charge in [-0.1, -0.05) is 18.2 Å². The number of fused-ring (bicyclic) bond motifs is 1. The number of aromatic nitrogens is 1. The van der Waals surface area contributed by atoms with Crippen LogP contribution in [-0.2, 0) is 0 Å². The molecule has 3 rings (SSSR count). The number of hydrazine groups is 1. The second kappa shape index (κ2) is 6.87. The molecular weight excluding hydrogens is 306 g/mol. The van der Waals surface area contributed by atoms with Crippen LogP contribution in [0.25, 0.3) is 10.9 Å². The second-order valence-electron chi connectivity index (χ2n) is 5.14. The molecule has 0 aliphatic rings. The number of H-pyrrole nitrogens is 1. The summed E-state index contributed by atoms with van der Waals surface area (Å²) in [5.74, 6) is -0.0664. The smallest absolute Gasteiger partial charge is 0.286 e. The predicted octanol–water partition coefficient (Wildman–Crippen LogP) is 2.64. The monoisotopic (exact) mass is 323 g/mol. The van der Waals surface area contributed by atoms with Gasteiger partial charge in [0.1, 0.15) is 11.4 Å². The molecule has 3 aromatic rings. The fraction of sp³-hybridized carbons (Fsp3) is 0.111. The molecule has 3 N–H and O–H groups in total. The lowest BCUT2D eigenvalue weighted by atomic mass is 10.2. The summed E-state index contributed by atoms with van der Waals surface area (Å²) in [7, 11) is 0. The van der Waals surface area contributed by atoms with Crippen molar-refractivity contribution in [1.82, 2.24) is 15.8 Å². The number of carbonyl (C=O) groups excluding carboxylic acids is 2. The molecule has 1 aromatic heterocycles. The number of ether oxygens (including phenoxy) is 1. The molecular formula is C18H17N3O3. The average molecular weight is 323 g/mol. The zero-order chi connectivity index (χ0) is 16.9. The van der Waals surface area contributed by atoms with Gasteiger partial charge < -0.3 is 9.72 Å². The molecule has 2 aromatic carbocycles. The fourth-order valence-corrected chi connectivity index (χ4v) is 2.33. The van der Waals surface area contributed by atoms with Crippen molar-refractivity contribution in [2.45, 2.75) is 6.92 Å². The lowest BCUT2D eigenvalue weighted by Gasteiger charge is -2.06. The highest BCUT2D eigenvalue weighted by Crippen LogP contribution is 2.21. The highest BCUT2D eigenvalue weighted by atomic mass is 16.5. The minimum atomic E-state index is -0.423. The Morgan fingerprint density at radius 3 is 2.50 bits per heavy atom. The van der Waals surface area contributed by atoms with E-state index in [1.165, 1.54) is 0 Å². The van der Waals surface area contributed by atoms with Crippen LogP contribution in [0.5, 0.6) is 5.75 Å². The van der Waals surface area contributed by atoms with Gasteiger partial charge in [-0.3, -0.25) is 20.4 Å². The van der Waals surface area contributed by atoms with Gasteiger partial charge >= 0.3 is 0 Å². The third-order valence-corrected chi connectivity index (χ3v) is 3.48. The normalized spacial score (nSPS) is 10.4. The van der Waals surface area contributed by atoms with Gasteiger partial charge in [0.25, 0.3) is 11.8 Å². The van der Waals surface area contributed by atoms with Crippen LogP contribution >= 0.6 is 0 Å². The van der Waals surface area contributed by atoms with E-state index in [9.17, 15) is 9.59 Å². The van der Waals surface area contributed by atoms with Crippen LogP contribution in [0.3, 0.4) is 0 Å². The van der Waals surface area contributed by atoms with Gasteiger partial charge in [0.05, 0.1) is 6.61 Å². The quantitative estimate of drug-likeness (QED) is 0.645. The molecule has 0 fully saturated rings. The van der Waals surface area contributed by atoms with Gasteiger partial charge in [0.2, 0.25) is 0 Å². The Morgan fingerprint density at radius 2 is 1.75 bits per heavy atom. The SMILES string of the molecule is CCOc1ccc2cc(C(=O)NNC(=O)c3ccccc3)[nH]c2c1. The Hall–Kier alpha value is -3.28. The van der Waals surface area contributed by atoms with E-state index in [-0.39, 0.29) is 5.91 Å². The number of carbonyl (C=O) groups is 2. The average Bonchev–Trinajstić information content (AvgIpc) is 3.04. The van der Waals surface area contributed by atoms with Crippen LogP contribution in [0.1, 0.15) is 27.8 Å². The molecule has 0 bridgehead atoms. The molecule has 6 nitrogen and oxygen atoms in total. The van der Waals surface area contributed by atoms with Crippen molar-refractivity contribution in [3.8, 4) is 5.75 Å². The summed E-state index contributed by atoms with van der Waals surface area (Å²) in [5, 5.41) is 0.887. The van der Waals surface area contributed by atoms with Crippen molar-refractivity contribution in [2.24, 2.45) is 0 Å². The molecule has 2 amide bonds. The zero-order valence-corrected chi connectivity index (χ0v) is 13.1. The van der Waals surface area contributed by atoms with Gasteiger partial charge in [0, 0.05) is 22.5 Å². The molecule has 0 atom stereocenters. The minimum Gasteiger partial charge on any atom is -0.494 e. The first-order valence-electron chi connectivity index (χ1n) is 7.58. The van der Waals surface area contributed by atoms with Crippen molar-refractivity contribution in [3.63, 3.8) is 0 Å². The maximum atomic E-state index is 12.2. The molecule has 24 heavy (non-hydrogen) atoms. The van der Waals surface area contributed by atoms with E-state index >= 15 is 0 Å². The summed E-state index contributed by atoms with van der Waals surface area (Å²) in [5.41, 5.74) is 6.40. The zero-order valence-electron chi connectivity index (χ0n) is 13.1. The van der Waals surface area contributed by atoms with E-state index in [4.69, 9.17) is 4.74 Å². The second-order valence-corrected chi connectivity index (χ2v) is 5.14. The molecule has 0 saturated heterocycles. The number of aromatic amines is 1. The number of hydrogen-bond donors (Lipinski definition) is 3. The van der Waals surface area contributed by atoms with Crippen LogP contribution in [0.4, 0.5) is 0 Å². The maximum absolute atomic E-state index is 12.2. The van der Waals surface area contributed by atoms with E-state index in [1.807, 2.05) is 31.2 Å². The molecule has 0 radical (unpaired) electrons. The predicted molar refractivity (Wildman–Crippen MR) is 90.8 cm³/mol. The first-order chi connectivity index (χ1) is 11.7. The van der Waals surface area contributed by atoms with Crippen LogP contribution in [0.15, 0.2) is 54.6 Å². The standard InChI is InChI=1S/C18H17N3O3/c1-2-24-14-9-8-13-10-16(19-15(13)11-14)18(23)21-20-17(22)12-6-4-3-5-7-12/h3-11,19H,2H2,1H3,(H,20,22)(H,21,23). The summed E-state index contributed by atoms with van der Waals surface area (Å²) in [6.45, 7) is 2.48. The van der Waals surface area contributed by atoms with E-state index < -0.39 is 5.91 Å². The number of benzene rings is 2. The molecule has 6 heteroatoms. The molecule has 0 unspecified atom stereocenters. The lowest BCUT2D eigenvalue weighted by molar-refractivity contribution is 0.0844. The lowest BCUT2D eigenvalue weighted by Crippen LogP contribution is -2.41. The van der Waals surface area contributed by atoms with E-state index in [0.29, 0.717) is 17.9 Å². The number of amides is 2. The van der Waals surface area contributed by atoms with Crippen molar-refractivity contribution in [3.05, 3.63) is 65.9 Å². The van der Waals surface area contributed by atoms with Crippen LogP contribution in [-0.4, -0.2) is 23.4 Å². The van der Waals surface area contributed by atoms with Gasteiger partial charge in [-0.05, 0) is 37.3 Å². The Labute approximate surface area is 138 Å². The summed E-state index contributed by atoms with van der Waals surface area (Å²) < 4.78 is 5.43. The van der Waals surface area contributed by atoms with Crippen LogP contribution in [0, 0.1) is 0 Å². The maximum Gasteiger partial charge on any atom is 0.286 e. The van der Waals surface area contributed by atoms with Crippen molar-refractivity contribution in [1.29, 1.82) is 0 Å². The Balaban J connectivity index is 1.68. The fourth-order valence-electron chi connectivity index (χ4n) is 2.33. The van der Waals surface area contributed by atoms with Gasteiger partial charge in [-0.25, -0.2) is 0 Å². The molecule has 1 heterocycles. The molecule has 0 saturated carbocycles. The highest BCUT2D eigenvalue weighted by molar-refractivity contribution is 6.00. The summed E-state index contributed by atoms with van der Waals surface area (Å²) in [6.07, 6.45) is 0. The number of hydrogen-bond acceptors (Lipinski definition) is 3. The van der Waals surface area contributed by atoms with Crippen LogP contribution < -0.4 is 15.6 Å². The third kappa shape index (κ3) is 3.38. The Morgan fingerprint density at radius 1 is 1.00 bits per heavy atom. The van der Waals surface area contributed by atoms with E-state index in [1.54, 1.807) is 30.3 Å². The van der Waals surface area contributed by atoms with E-state index in [2.05, 4.69) is 15.8 Å². The van der Waals surface area contributed by atoms with Gasteiger partial charge in [0.15, 0.2) is 0 Å². The van der Waals surface area contributed by atoms with Crippen molar-refractivity contribution >= 4 is 22.7 Å². The van der Waals surface area contributed by atoms with Crippen molar-refractivity contribution in [2.75, 3.05) is 6.61 Å². The van der Waals surface area contributed by atoms with Crippen molar-refractivity contribution < 1.29 is 14.3 Å². The third-order valence-electron chi connectivity index (χ3n) is 3.48. The van der Waals surface area contributed by atoms with E-state index in [0.717, 1.165) is 16.7 Å². The first-order valence-corrected chi connectivity index (χ1v) is 7.58. The largest absolute Gasteiger partial charge is 0.494 e. The first kappa shape index (κ1) is 15.6. The Kier molecular flexibility index (Phi) is 4.47. The topological polar surface area (TPSA) is 83.2 Å². The highest BCUT2D eigenvalue weighted by Gasteiger charge is 2.11. The summed E-state index contributed by atoms with van der Waals surface area (Å²) in [6, 6.07) is 15.9. The van der Waals surface area contributed by atoms with Gasteiger partial charge in [-0.2, -0.15) is 0 Å². The van der Waals surface area contributed by atoms with Crippen LogP contribution in [0.2, 0.25) is 0 Å². The summed E-state index contributed by atoms with van der Waals surface area (Å²) >= 11 is 0. The summed E-state index contributed by atoms with van der Waals surface area (Å²) in [4.78, 5) is 27.1. The minimum absolute atomic E-state index is 0.354. The van der Waals surface area contributed by atoms with Gasteiger partial charge in [-0.15, -0.1) is 0 Å². The molecule has 0 spiro atoms. The molecule has 0 aliphatic heterocycles. The molecule has 122 valence electrons. The number of nitrogens with one attached hydrogen (secondary N) is 3. The number of rotatable bonds is 4.